The van der Waals surface area contributed by atoms with Gasteiger partial charge in [0.2, 0.25) is 0 Å². The molecule has 1 aliphatic heterocycles. The lowest BCUT2D eigenvalue weighted by Gasteiger charge is -2.12. The topological polar surface area (TPSA) is 52.3 Å². The maximum Gasteiger partial charge on any atom is 0.176 e. The molecule has 1 unspecified atom stereocenters. The Hall–Kier alpha value is -1.09. The molecular formula is C6H7NO2. The summed E-state index contributed by atoms with van der Waals surface area (Å²) in [5.41, 5.74) is 5.79. The molecule has 0 aliphatic carbocycles. The van der Waals surface area contributed by atoms with Gasteiger partial charge in [-0.3, -0.25) is 10.5 Å². The highest BCUT2D eigenvalue weighted by molar-refractivity contribution is 5.75. The zero-order valence-electron chi connectivity index (χ0n) is 4.78. The summed E-state index contributed by atoms with van der Waals surface area (Å²) in [4.78, 5) is 10.1. The lowest BCUT2D eigenvalue weighted by Crippen LogP contribution is -2.26. The minimum Gasteiger partial charge on any atom is -0.479 e. The van der Waals surface area contributed by atoms with E-state index < -0.39 is 6.23 Å². The number of carbonyl (C=O) groups excluding carboxylic acids is 1. The zero-order valence-corrected chi connectivity index (χ0v) is 4.78. The van der Waals surface area contributed by atoms with Crippen molar-refractivity contribution >= 4 is 6.29 Å². The van der Waals surface area contributed by atoms with Gasteiger partial charge < -0.3 is 4.74 Å². The molecule has 0 amide bonds. The minimum atomic E-state index is -0.576. The molecule has 1 rings (SSSR count). The highest BCUT2D eigenvalue weighted by Gasteiger charge is 2.08. The Morgan fingerprint density at radius 3 is 3.00 bits per heavy atom. The van der Waals surface area contributed by atoms with E-state index in [1.807, 2.05) is 0 Å². The average Bonchev–Trinajstić information content (AvgIpc) is 1.89. The average molecular weight is 125 g/mol. The van der Waals surface area contributed by atoms with Crippen molar-refractivity contribution < 1.29 is 9.53 Å². The Morgan fingerprint density at radius 2 is 2.56 bits per heavy atom. The van der Waals surface area contributed by atoms with Crippen molar-refractivity contribution in [1.82, 2.24) is 0 Å². The van der Waals surface area contributed by atoms with Crippen LogP contribution >= 0.6 is 0 Å². The number of hydrogen-bond acceptors (Lipinski definition) is 3. The first kappa shape index (κ1) is 6.04. The van der Waals surface area contributed by atoms with E-state index in [9.17, 15) is 4.79 Å². The van der Waals surface area contributed by atoms with Crippen molar-refractivity contribution in [2.75, 3.05) is 0 Å². The third kappa shape index (κ3) is 1.17. The van der Waals surface area contributed by atoms with E-state index in [1.165, 1.54) is 6.26 Å². The Morgan fingerprint density at radius 1 is 1.78 bits per heavy atom. The molecule has 0 bridgehead atoms. The molecule has 0 aromatic heterocycles. The van der Waals surface area contributed by atoms with E-state index >= 15 is 0 Å². The molecule has 0 spiro atoms. The number of rotatable bonds is 1. The fraction of sp³-hybridized carbons (Fsp3) is 0.167. The summed E-state index contributed by atoms with van der Waals surface area (Å²) in [5, 5.41) is 0. The van der Waals surface area contributed by atoms with Crippen molar-refractivity contribution in [3.8, 4) is 0 Å². The maximum atomic E-state index is 10.1. The van der Waals surface area contributed by atoms with Gasteiger partial charge in [0.25, 0.3) is 0 Å². The Kier molecular flexibility index (Phi) is 1.65. The van der Waals surface area contributed by atoms with Gasteiger partial charge in [-0.1, -0.05) is 0 Å². The fourth-order valence-corrected chi connectivity index (χ4v) is 0.560. The third-order valence-corrected chi connectivity index (χ3v) is 1.06. The summed E-state index contributed by atoms with van der Waals surface area (Å²) in [5.74, 6) is 0. The number of carbonyl (C=O) groups is 1. The van der Waals surface area contributed by atoms with Gasteiger partial charge in [0, 0.05) is 5.57 Å². The van der Waals surface area contributed by atoms with Crippen LogP contribution in [-0.2, 0) is 9.53 Å². The summed E-state index contributed by atoms with van der Waals surface area (Å²) < 4.78 is 4.78. The zero-order chi connectivity index (χ0) is 6.69. The lowest BCUT2D eigenvalue weighted by atomic mass is 10.2. The van der Waals surface area contributed by atoms with Crippen LogP contribution in [0.1, 0.15) is 0 Å². The van der Waals surface area contributed by atoms with Crippen LogP contribution in [0.5, 0.6) is 0 Å². The van der Waals surface area contributed by atoms with Crippen molar-refractivity contribution in [2.45, 2.75) is 6.23 Å². The van der Waals surface area contributed by atoms with E-state index in [2.05, 4.69) is 0 Å². The molecule has 9 heavy (non-hydrogen) atoms. The largest absolute Gasteiger partial charge is 0.479 e. The second-order valence-electron chi connectivity index (χ2n) is 1.67. The first-order valence-electron chi connectivity index (χ1n) is 2.57. The van der Waals surface area contributed by atoms with Gasteiger partial charge in [-0.15, -0.1) is 0 Å². The van der Waals surface area contributed by atoms with Gasteiger partial charge in [0.15, 0.2) is 12.5 Å². The number of nitrogens with two attached hydrogens (primary N) is 1. The molecular weight excluding hydrogens is 118 g/mol. The van der Waals surface area contributed by atoms with Crippen LogP contribution < -0.4 is 5.73 Å². The van der Waals surface area contributed by atoms with E-state index in [0.29, 0.717) is 11.9 Å². The molecule has 1 heterocycles. The summed E-state index contributed by atoms with van der Waals surface area (Å²) >= 11 is 0. The lowest BCUT2D eigenvalue weighted by molar-refractivity contribution is -0.105. The summed E-state index contributed by atoms with van der Waals surface area (Å²) in [6.45, 7) is 0. The molecule has 0 fully saturated rings. The molecule has 48 valence electrons. The summed E-state index contributed by atoms with van der Waals surface area (Å²) in [6, 6.07) is 0. The molecule has 3 nitrogen and oxygen atoms in total. The van der Waals surface area contributed by atoms with Crippen molar-refractivity contribution in [2.24, 2.45) is 5.73 Å². The first-order valence-corrected chi connectivity index (χ1v) is 2.57. The fourth-order valence-electron chi connectivity index (χ4n) is 0.560. The molecule has 3 heteroatoms. The van der Waals surface area contributed by atoms with Crippen LogP contribution in [0.4, 0.5) is 0 Å². The van der Waals surface area contributed by atoms with E-state index in [1.54, 1.807) is 12.2 Å². The van der Waals surface area contributed by atoms with Crippen LogP contribution in [0.2, 0.25) is 0 Å². The Balaban J connectivity index is 2.74. The molecule has 0 saturated carbocycles. The van der Waals surface area contributed by atoms with E-state index in [0.717, 1.165) is 0 Å². The highest BCUT2D eigenvalue weighted by Crippen LogP contribution is 2.04. The summed E-state index contributed by atoms with van der Waals surface area (Å²) in [6.07, 6.45) is 4.83. The molecule has 1 atom stereocenters. The van der Waals surface area contributed by atoms with Crippen molar-refractivity contribution in [1.29, 1.82) is 0 Å². The first-order chi connectivity index (χ1) is 4.34. The standard InChI is InChI=1S/C6H7NO2/c7-6-5(4-8)2-1-3-9-6/h1-4,6H,7H2. The normalized spacial score (nSPS) is 24.6. The second kappa shape index (κ2) is 2.46. The van der Waals surface area contributed by atoms with Gasteiger partial charge >= 0.3 is 0 Å². The Bertz CT molecular complexity index is 172. The molecule has 0 aromatic carbocycles. The van der Waals surface area contributed by atoms with Gasteiger partial charge in [-0.05, 0) is 12.2 Å². The SMILES string of the molecule is NC1OC=CC=C1C=O. The van der Waals surface area contributed by atoms with Crippen molar-refractivity contribution in [3.63, 3.8) is 0 Å². The third-order valence-electron chi connectivity index (χ3n) is 1.06. The monoisotopic (exact) mass is 125 g/mol. The molecule has 0 aromatic rings. The Labute approximate surface area is 52.8 Å². The van der Waals surface area contributed by atoms with Crippen LogP contribution in [0.3, 0.4) is 0 Å². The molecule has 1 aliphatic rings. The molecule has 2 N–H and O–H groups in total. The van der Waals surface area contributed by atoms with E-state index in [4.69, 9.17) is 10.5 Å². The highest BCUT2D eigenvalue weighted by atomic mass is 16.5. The molecule has 0 radical (unpaired) electrons. The van der Waals surface area contributed by atoms with Crippen LogP contribution in [0, 0.1) is 0 Å². The van der Waals surface area contributed by atoms with Crippen LogP contribution in [-0.4, -0.2) is 12.5 Å². The van der Waals surface area contributed by atoms with Gasteiger partial charge in [-0.2, -0.15) is 0 Å². The second-order valence-corrected chi connectivity index (χ2v) is 1.67. The smallest absolute Gasteiger partial charge is 0.176 e. The number of allylic oxidation sites excluding steroid dienone is 2. The maximum absolute atomic E-state index is 10.1. The van der Waals surface area contributed by atoms with Crippen LogP contribution in [0.15, 0.2) is 24.0 Å². The van der Waals surface area contributed by atoms with E-state index in [-0.39, 0.29) is 0 Å². The quantitative estimate of drug-likeness (QED) is 0.499. The summed E-state index contributed by atoms with van der Waals surface area (Å²) in [7, 11) is 0. The van der Waals surface area contributed by atoms with Crippen LogP contribution in [0.25, 0.3) is 0 Å². The predicted molar refractivity (Wildman–Crippen MR) is 32.3 cm³/mol. The predicted octanol–water partition coefficient (Wildman–Crippen LogP) is -0.0596. The molecule has 0 saturated heterocycles. The van der Waals surface area contributed by atoms with Gasteiger partial charge in [-0.25, -0.2) is 0 Å². The van der Waals surface area contributed by atoms with Crippen molar-refractivity contribution in [3.05, 3.63) is 24.0 Å². The van der Waals surface area contributed by atoms with Gasteiger partial charge in [0.1, 0.15) is 0 Å². The number of hydrogen-bond donors (Lipinski definition) is 1. The number of aldehydes is 1. The minimum absolute atomic E-state index is 0.470. The number of ether oxygens (including phenoxy) is 1. The van der Waals surface area contributed by atoms with Gasteiger partial charge in [0.05, 0.1) is 6.26 Å².